The molecule has 1 rings (SSSR count). The Bertz CT molecular complexity index is 395. The first-order valence-corrected chi connectivity index (χ1v) is 4.94. The maximum Gasteiger partial charge on any atom is 2.00 e. The summed E-state index contributed by atoms with van der Waals surface area (Å²) in [5.74, 6) is 0. The number of aryl methyl sites for hydroxylation is 1. The van der Waals surface area contributed by atoms with Crippen LogP contribution in [0.4, 0.5) is 0 Å². The van der Waals surface area contributed by atoms with Crippen LogP contribution in [0.15, 0.2) is 22.1 Å². The van der Waals surface area contributed by atoms with Gasteiger partial charge in [-0.1, -0.05) is 0 Å². The average Bonchev–Trinajstić information content (AvgIpc) is 2.26. The van der Waals surface area contributed by atoms with Crippen LogP contribution < -0.4 is 24.8 Å². The first-order chi connectivity index (χ1) is 7.08. The summed E-state index contributed by atoms with van der Waals surface area (Å²) < 4.78 is 0. The molecule has 1 heterocycles. The summed E-state index contributed by atoms with van der Waals surface area (Å²) in [7, 11) is 3.56. The van der Waals surface area contributed by atoms with Gasteiger partial charge < -0.3 is 24.8 Å². The minimum Gasteiger partial charge on any atom is -1.00 e. The molecule has 0 saturated heterocycles. The van der Waals surface area contributed by atoms with Crippen LogP contribution in [-0.4, -0.2) is 30.5 Å². The Morgan fingerprint density at radius 3 is 1.56 bits per heavy atom. The number of hydrogen-bond donors (Lipinski definition) is 0. The Kier molecular flexibility index (Phi) is 13.3. The average molecular weight is 330 g/mol. The summed E-state index contributed by atoms with van der Waals surface area (Å²) in [6.45, 7) is 5.98. The molecule has 0 aliphatic heterocycles. The fourth-order valence-corrected chi connectivity index (χ4v) is 1.27. The van der Waals surface area contributed by atoms with Gasteiger partial charge in [0.2, 0.25) is 0 Å². The second-order valence-electron chi connectivity index (χ2n) is 3.53. The summed E-state index contributed by atoms with van der Waals surface area (Å²) in [5, 5.41) is 0. The van der Waals surface area contributed by atoms with Gasteiger partial charge in [-0.25, -0.2) is 4.98 Å². The molecule has 0 aliphatic carbocycles. The van der Waals surface area contributed by atoms with Gasteiger partial charge in [-0.3, -0.25) is 9.98 Å². The molecule has 0 N–H and O–H groups in total. The van der Waals surface area contributed by atoms with E-state index in [0.717, 1.165) is 22.8 Å². The maximum absolute atomic E-state index is 4.51. The molecule has 0 radical (unpaired) electrons. The number of aromatic nitrogens is 1. The van der Waals surface area contributed by atoms with Crippen LogP contribution >= 0.6 is 0 Å². The van der Waals surface area contributed by atoms with E-state index in [1.807, 2.05) is 26.0 Å². The quantitative estimate of drug-likeness (QED) is 0.406. The minimum atomic E-state index is 0. The van der Waals surface area contributed by atoms with E-state index in [1.165, 1.54) is 5.56 Å². The minimum absolute atomic E-state index is 0. The van der Waals surface area contributed by atoms with Crippen LogP contribution in [-0.2, 0) is 17.1 Å². The molecule has 0 atom stereocenters. The SMILES string of the molecule is CN=C(C)c1cc(C)cc(C(C)=NC)n1.[Cl-].[Cl-].[Fe+2]. The van der Waals surface area contributed by atoms with Gasteiger partial charge in [0.15, 0.2) is 0 Å². The van der Waals surface area contributed by atoms with Gasteiger partial charge in [0, 0.05) is 14.1 Å². The van der Waals surface area contributed by atoms with Crippen LogP contribution in [0.25, 0.3) is 0 Å². The van der Waals surface area contributed by atoms with Crippen molar-refractivity contribution < 1.29 is 41.9 Å². The van der Waals surface area contributed by atoms with E-state index in [4.69, 9.17) is 0 Å². The normalized spacial score (nSPS) is 10.9. The molecular weight excluding hydrogens is 313 g/mol. The third kappa shape index (κ3) is 5.96. The van der Waals surface area contributed by atoms with Gasteiger partial charge in [0.1, 0.15) is 0 Å². The Morgan fingerprint density at radius 2 is 1.28 bits per heavy atom. The second-order valence-corrected chi connectivity index (χ2v) is 3.53. The molecule has 102 valence electrons. The van der Waals surface area contributed by atoms with Crippen LogP contribution in [0.5, 0.6) is 0 Å². The summed E-state index contributed by atoms with van der Waals surface area (Å²) in [5.41, 5.74) is 4.93. The van der Waals surface area contributed by atoms with Crippen molar-refractivity contribution in [2.24, 2.45) is 9.98 Å². The molecule has 0 fully saturated rings. The van der Waals surface area contributed by atoms with Gasteiger partial charge in [0.25, 0.3) is 0 Å². The van der Waals surface area contributed by atoms with Crippen molar-refractivity contribution in [2.45, 2.75) is 20.8 Å². The summed E-state index contributed by atoms with van der Waals surface area (Å²) in [4.78, 5) is 12.8. The number of pyridine rings is 1. The molecule has 1 aromatic heterocycles. The van der Waals surface area contributed by atoms with E-state index in [0.29, 0.717) is 0 Å². The van der Waals surface area contributed by atoms with Crippen molar-refractivity contribution in [3.05, 3.63) is 29.1 Å². The van der Waals surface area contributed by atoms with Crippen molar-refractivity contribution in [1.82, 2.24) is 4.98 Å². The van der Waals surface area contributed by atoms with E-state index < -0.39 is 0 Å². The second kappa shape index (κ2) is 10.5. The molecule has 0 unspecified atom stereocenters. The van der Waals surface area contributed by atoms with E-state index in [-0.39, 0.29) is 41.9 Å². The largest absolute Gasteiger partial charge is 2.00 e. The van der Waals surface area contributed by atoms with Crippen molar-refractivity contribution in [3.63, 3.8) is 0 Å². The monoisotopic (exact) mass is 329 g/mol. The van der Waals surface area contributed by atoms with E-state index >= 15 is 0 Å². The predicted molar refractivity (Wildman–Crippen MR) is 65.2 cm³/mol. The summed E-state index contributed by atoms with van der Waals surface area (Å²) in [6.07, 6.45) is 0. The van der Waals surface area contributed by atoms with Crippen LogP contribution in [0, 0.1) is 6.92 Å². The molecule has 0 aliphatic rings. The van der Waals surface area contributed by atoms with Crippen molar-refractivity contribution in [3.8, 4) is 0 Å². The molecule has 0 spiro atoms. The molecule has 3 nitrogen and oxygen atoms in total. The zero-order valence-corrected chi connectivity index (χ0v) is 13.7. The Labute approximate surface area is 132 Å². The Morgan fingerprint density at radius 1 is 0.944 bits per heavy atom. The molecular formula is C12H17Cl2FeN3. The van der Waals surface area contributed by atoms with Gasteiger partial charge in [-0.15, -0.1) is 0 Å². The smallest absolute Gasteiger partial charge is 1.00 e. The molecule has 0 aromatic carbocycles. The third-order valence-corrected chi connectivity index (χ3v) is 2.38. The Hall–Kier alpha value is -0.411. The van der Waals surface area contributed by atoms with E-state index in [2.05, 4.69) is 21.9 Å². The van der Waals surface area contributed by atoms with Crippen LogP contribution in [0.2, 0.25) is 0 Å². The van der Waals surface area contributed by atoms with Crippen molar-refractivity contribution in [2.75, 3.05) is 14.1 Å². The molecule has 6 heteroatoms. The first kappa shape index (κ1) is 22.7. The summed E-state index contributed by atoms with van der Waals surface area (Å²) >= 11 is 0. The first-order valence-electron chi connectivity index (χ1n) is 4.94. The zero-order chi connectivity index (χ0) is 11.4. The molecule has 1 aromatic rings. The van der Waals surface area contributed by atoms with Gasteiger partial charge >= 0.3 is 17.1 Å². The predicted octanol–water partition coefficient (Wildman–Crippen LogP) is -3.73. The fraction of sp³-hybridized carbons (Fsp3) is 0.417. The van der Waals surface area contributed by atoms with Crippen molar-refractivity contribution in [1.29, 1.82) is 0 Å². The standard InChI is InChI=1S/C12H17N3.2ClH.Fe/c1-8-6-11(9(2)13-4)15-12(7-8)10(3)14-5;;;/h6-7H,1-5H3;2*1H;/q;;;+2/p-2. The topological polar surface area (TPSA) is 37.6 Å². The van der Waals surface area contributed by atoms with Crippen LogP contribution in [0.3, 0.4) is 0 Å². The number of aliphatic imine (C=N–C) groups is 2. The summed E-state index contributed by atoms with van der Waals surface area (Å²) in [6, 6.07) is 4.07. The van der Waals surface area contributed by atoms with Gasteiger partial charge in [0.05, 0.1) is 22.8 Å². The molecule has 18 heavy (non-hydrogen) atoms. The number of hydrogen-bond acceptors (Lipinski definition) is 3. The van der Waals surface area contributed by atoms with Gasteiger partial charge in [-0.05, 0) is 38.5 Å². The molecule has 0 bridgehead atoms. The van der Waals surface area contributed by atoms with Gasteiger partial charge in [-0.2, -0.15) is 0 Å². The van der Waals surface area contributed by atoms with E-state index in [9.17, 15) is 0 Å². The molecule has 0 amide bonds. The third-order valence-electron chi connectivity index (χ3n) is 2.38. The molecule has 0 saturated carbocycles. The fourth-order valence-electron chi connectivity index (χ4n) is 1.27. The van der Waals surface area contributed by atoms with Crippen molar-refractivity contribution >= 4 is 11.4 Å². The zero-order valence-electron chi connectivity index (χ0n) is 11.1. The van der Waals surface area contributed by atoms with Crippen LogP contribution in [0.1, 0.15) is 30.8 Å². The number of rotatable bonds is 2. The Balaban J connectivity index is -0.000000750. The number of nitrogens with zero attached hydrogens (tertiary/aromatic N) is 3. The van der Waals surface area contributed by atoms with E-state index in [1.54, 1.807) is 14.1 Å². The number of halogens is 2. The maximum atomic E-state index is 4.51.